The number of hydrogen-bond donors (Lipinski definition) is 4. The summed E-state index contributed by atoms with van der Waals surface area (Å²) in [7, 11) is 0. The monoisotopic (exact) mass is 878 g/mol. The predicted octanol–water partition coefficient (Wildman–Crippen LogP) is 15.7. The lowest BCUT2D eigenvalue weighted by Crippen LogP contribution is -2.04. The average molecular weight is 879 g/mol. The lowest BCUT2D eigenvalue weighted by molar-refractivity contribution is 0.220. The first-order valence-electron chi connectivity index (χ1n) is 23.5. The minimum Gasteiger partial charge on any atom is -0.508 e. The highest BCUT2D eigenvalue weighted by Gasteiger charge is 2.24. The van der Waals surface area contributed by atoms with Crippen LogP contribution in [-0.2, 0) is 0 Å². The van der Waals surface area contributed by atoms with E-state index in [0.717, 1.165) is 60.3 Å². The second-order valence-electron chi connectivity index (χ2n) is 18.9. The summed E-state index contributed by atoms with van der Waals surface area (Å²) in [6.07, 6.45) is -1.71. The minimum atomic E-state index is -0.857. The van der Waals surface area contributed by atoms with Gasteiger partial charge < -0.3 is 20.4 Å². The molecule has 68 heavy (non-hydrogen) atoms. The fourth-order valence-electron chi connectivity index (χ4n) is 11.7. The van der Waals surface area contributed by atoms with Gasteiger partial charge in [-0.1, -0.05) is 166 Å². The molecule has 4 heteroatoms. The highest BCUT2D eigenvalue weighted by atomic mass is 16.3. The molecule has 0 aliphatic heterocycles. The van der Waals surface area contributed by atoms with Crippen molar-refractivity contribution in [3.63, 3.8) is 0 Å². The Morgan fingerprint density at radius 3 is 1.32 bits per heavy atom. The van der Waals surface area contributed by atoms with Gasteiger partial charge in [-0.25, -0.2) is 0 Å². The van der Waals surface area contributed by atoms with Crippen LogP contribution < -0.4 is 0 Å². The van der Waals surface area contributed by atoms with E-state index in [1.807, 2.05) is 18.2 Å². The topological polar surface area (TPSA) is 80.9 Å². The third kappa shape index (κ3) is 6.08. The number of aromatic hydroxyl groups is 2. The van der Waals surface area contributed by atoms with Crippen LogP contribution in [0.4, 0.5) is 0 Å². The van der Waals surface area contributed by atoms with Gasteiger partial charge in [0, 0.05) is 11.8 Å². The van der Waals surface area contributed by atoms with Crippen molar-refractivity contribution >= 4 is 86.2 Å². The molecule has 0 heterocycles. The number of benzene rings is 13. The largest absolute Gasteiger partial charge is 0.508 e. The lowest BCUT2D eigenvalue weighted by Gasteiger charge is -2.22. The SMILES string of the molecule is CC(c1ccc(O)cc1)c1cc2cccc3c4ccc(C(O)c5cccc(C(C)c6ccc7c8cccc9cc(C(O)c%10ccc(O)cc%10)cc(c%10cccc6c7%10)c98)c5)c5cccc(c(c1)c23)c54. The van der Waals surface area contributed by atoms with Crippen LogP contribution in [0.15, 0.2) is 194 Å². The molecule has 0 bridgehead atoms. The Hall–Kier alpha value is -8.02. The van der Waals surface area contributed by atoms with Gasteiger partial charge in [-0.2, -0.15) is 0 Å². The van der Waals surface area contributed by atoms with E-state index in [0.29, 0.717) is 0 Å². The van der Waals surface area contributed by atoms with Gasteiger partial charge in [-0.05, 0) is 173 Å². The molecule has 4 nitrogen and oxygen atoms in total. The van der Waals surface area contributed by atoms with Crippen molar-refractivity contribution in [3.05, 3.63) is 239 Å². The van der Waals surface area contributed by atoms with E-state index in [9.17, 15) is 20.4 Å². The van der Waals surface area contributed by atoms with E-state index in [4.69, 9.17) is 0 Å². The van der Waals surface area contributed by atoms with Crippen LogP contribution in [0.2, 0.25) is 0 Å². The van der Waals surface area contributed by atoms with E-state index in [1.165, 1.54) is 70.4 Å². The number of phenolic OH excluding ortho intramolecular Hbond substituents is 2. The second kappa shape index (κ2) is 15.3. The van der Waals surface area contributed by atoms with Crippen LogP contribution in [-0.4, -0.2) is 20.4 Å². The number of rotatable bonds is 8. The number of aliphatic hydroxyl groups is 2. The zero-order valence-electron chi connectivity index (χ0n) is 37.6. The number of fused-ring (bicyclic) bond motifs is 4. The summed E-state index contributed by atoms with van der Waals surface area (Å²) in [5.74, 6) is 0.567. The van der Waals surface area contributed by atoms with Gasteiger partial charge >= 0.3 is 0 Å². The Kier molecular flexibility index (Phi) is 9.04. The summed E-state index contributed by atoms with van der Waals surface area (Å²) >= 11 is 0. The molecule has 0 radical (unpaired) electrons. The molecule has 4 N–H and O–H groups in total. The molecule has 0 fully saturated rings. The molecular weight excluding hydrogens is 833 g/mol. The first-order chi connectivity index (χ1) is 33.2. The van der Waals surface area contributed by atoms with Crippen molar-refractivity contribution in [2.24, 2.45) is 0 Å². The summed E-state index contributed by atoms with van der Waals surface area (Å²) < 4.78 is 0. The van der Waals surface area contributed by atoms with Gasteiger partial charge in [0.25, 0.3) is 0 Å². The number of hydrogen-bond acceptors (Lipinski definition) is 4. The Balaban J connectivity index is 0.906. The molecule has 0 amide bonds. The van der Waals surface area contributed by atoms with Gasteiger partial charge in [-0.15, -0.1) is 0 Å². The lowest BCUT2D eigenvalue weighted by atomic mass is 9.82. The Morgan fingerprint density at radius 1 is 0.279 bits per heavy atom. The summed E-state index contributed by atoms with van der Waals surface area (Å²) in [6, 6.07) is 66.7. The molecule has 326 valence electrons. The van der Waals surface area contributed by atoms with Crippen LogP contribution in [0.5, 0.6) is 11.5 Å². The van der Waals surface area contributed by atoms with Crippen LogP contribution in [0.25, 0.3) is 86.2 Å². The van der Waals surface area contributed by atoms with Gasteiger partial charge in [-0.3, -0.25) is 0 Å². The van der Waals surface area contributed by atoms with Crippen molar-refractivity contribution in [2.75, 3.05) is 0 Å². The van der Waals surface area contributed by atoms with E-state index < -0.39 is 12.2 Å². The van der Waals surface area contributed by atoms with Gasteiger partial charge in [0.15, 0.2) is 0 Å². The van der Waals surface area contributed by atoms with Gasteiger partial charge in [0.1, 0.15) is 23.7 Å². The van der Waals surface area contributed by atoms with Gasteiger partial charge in [0.05, 0.1) is 0 Å². The first-order valence-corrected chi connectivity index (χ1v) is 23.5. The van der Waals surface area contributed by atoms with E-state index >= 15 is 0 Å². The van der Waals surface area contributed by atoms with Crippen molar-refractivity contribution < 1.29 is 20.4 Å². The molecule has 13 aromatic rings. The molecular formula is C64H46O4. The number of aliphatic hydroxyl groups excluding tert-OH is 2. The fraction of sp³-hybridized carbons (Fsp3) is 0.0938. The Labute approximate surface area is 392 Å². The van der Waals surface area contributed by atoms with E-state index in [-0.39, 0.29) is 23.3 Å². The average Bonchev–Trinajstić information content (AvgIpc) is 3.38. The maximum Gasteiger partial charge on any atom is 0.115 e. The quantitative estimate of drug-likeness (QED) is 0.0905. The summed E-state index contributed by atoms with van der Waals surface area (Å²) in [6.45, 7) is 4.48. The molecule has 0 spiro atoms. The molecule has 0 aliphatic rings. The van der Waals surface area contributed by atoms with Crippen LogP contribution in [0, 0.1) is 0 Å². The highest BCUT2D eigenvalue weighted by molar-refractivity contribution is 6.34. The predicted molar refractivity (Wildman–Crippen MR) is 281 cm³/mol. The summed E-state index contributed by atoms with van der Waals surface area (Å²) in [5.41, 5.74) is 7.95. The molecule has 0 aromatic heterocycles. The molecule has 4 unspecified atom stereocenters. The molecule has 0 saturated heterocycles. The smallest absolute Gasteiger partial charge is 0.115 e. The fourth-order valence-corrected chi connectivity index (χ4v) is 11.7. The molecule has 13 aromatic carbocycles. The molecule has 0 saturated carbocycles. The molecule has 0 aliphatic carbocycles. The van der Waals surface area contributed by atoms with Crippen molar-refractivity contribution in [1.82, 2.24) is 0 Å². The minimum absolute atomic E-state index is 0.0118. The van der Waals surface area contributed by atoms with Crippen LogP contribution in [0.1, 0.15) is 82.4 Å². The van der Waals surface area contributed by atoms with Crippen molar-refractivity contribution in [2.45, 2.75) is 37.9 Å². The Morgan fingerprint density at radius 2 is 0.721 bits per heavy atom. The zero-order chi connectivity index (χ0) is 45.9. The normalized spacial score (nSPS) is 14.1. The highest BCUT2D eigenvalue weighted by Crippen LogP contribution is 2.47. The maximum atomic E-state index is 12.5. The maximum absolute atomic E-state index is 12.5. The second-order valence-corrected chi connectivity index (χ2v) is 18.9. The van der Waals surface area contributed by atoms with Crippen LogP contribution in [0.3, 0.4) is 0 Å². The molecule has 13 rings (SSSR count). The first kappa shape index (κ1) is 40.3. The standard InChI is InChI=1S/C64H46O4/c1-35(37-18-22-45(65)23-19-37)43-31-40-9-4-12-50-55-28-29-56(51-15-7-17-52(62(51)55)57(33-43)59(40)50)64(68)42-11-3-8-39(30-42)36(2)47-26-27-54-49-13-5-10-41-32-44(63(67)38-20-24-46(66)25-21-38)34-58(60(41)49)53-16-6-14-48(47)61(53)54/h3-36,63-68H,1-2H3. The van der Waals surface area contributed by atoms with Crippen molar-refractivity contribution in [1.29, 1.82) is 0 Å². The van der Waals surface area contributed by atoms with Gasteiger partial charge in [0.2, 0.25) is 0 Å². The van der Waals surface area contributed by atoms with Crippen LogP contribution >= 0.6 is 0 Å². The Bertz CT molecular complexity index is 3850. The summed E-state index contributed by atoms with van der Waals surface area (Å²) in [5, 5.41) is 62.7. The van der Waals surface area contributed by atoms with Crippen molar-refractivity contribution in [3.8, 4) is 11.5 Å². The number of phenols is 2. The zero-order valence-corrected chi connectivity index (χ0v) is 37.6. The third-order valence-electron chi connectivity index (χ3n) is 15.2. The van der Waals surface area contributed by atoms with E-state index in [1.54, 1.807) is 36.4 Å². The third-order valence-corrected chi connectivity index (χ3v) is 15.2. The molecule has 4 atom stereocenters. The summed E-state index contributed by atoms with van der Waals surface area (Å²) in [4.78, 5) is 0. The van der Waals surface area contributed by atoms with E-state index in [2.05, 4.69) is 153 Å².